The lowest BCUT2D eigenvalue weighted by molar-refractivity contribution is -0.384. The van der Waals surface area contributed by atoms with E-state index in [-0.39, 0.29) is 24.6 Å². The molecular formula is C17H16N2O6. The van der Waals surface area contributed by atoms with Gasteiger partial charge in [0.2, 0.25) is 5.91 Å². The fourth-order valence-corrected chi connectivity index (χ4v) is 2.66. The number of non-ortho nitro benzene ring substituents is 1. The molecule has 1 aliphatic heterocycles. The van der Waals surface area contributed by atoms with Crippen molar-refractivity contribution in [1.29, 1.82) is 0 Å². The van der Waals surface area contributed by atoms with E-state index >= 15 is 0 Å². The average Bonchev–Trinajstić information content (AvgIpc) is 3.24. The molecule has 0 bridgehead atoms. The van der Waals surface area contributed by atoms with Gasteiger partial charge in [-0.05, 0) is 29.8 Å². The summed E-state index contributed by atoms with van der Waals surface area (Å²) in [5, 5.41) is 10.6. The third-order valence-corrected chi connectivity index (χ3v) is 4.00. The second-order valence-electron chi connectivity index (χ2n) is 5.79. The molecule has 1 fully saturated rings. The molecule has 1 atom stereocenters. The molecule has 3 rings (SSSR count). The van der Waals surface area contributed by atoms with Crippen molar-refractivity contribution >= 4 is 17.6 Å². The largest absolute Gasteiger partial charge is 0.467 e. The lowest BCUT2D eigenvalue weighted by Gasteiger charge is -2.14. The Labute approximate surface area is 143 Å². The molecule has 2 aromatic rings. The molecule has 1 aliphatic rings. The number of carbonyl (C=O) groups excluding carboxylic acids is 2. The van der Waals surface area contributed by atoms with Crippen LogP contribution in [0.4, 0.5) is 5.69 Å². The Kier molecular flexibility index (Phi) is 4.78. The van der Waals surface area contributed by atoms with Crippen molar-refractivity contribution in [3.8, 4) is 0 Å². The predicted octanol–water partition coefficient (Wildman–Crippen LogP) is 2.28. The molecule has 0 saturated carbocycles. The molecule has 0 radical (unpaired) electrons. The number of nitrogens with zero attached hydrogens (tertiary/aromatic N) is 2. The molecule has 0 spiro atoms. The molecule has 0 N–H and O–H groups in total. The van der Waals surface area contributed by atoms with E-state index in [1.807, 2.05) is 0 Å². The highest BCUT2D eigenvalue weighted by Gasteiger charge is 2.35. The van der Waals surface area contributed by atoms with Crippen molar-refractivity contribution in [2.45, 2.75) is 19.6 Å². The summed E-state index contributed by atoms with van der Waals surface area (Å²) < 4.78 is 10.4. The summed E-state index contributed by atoms with van der Waals surface area (Å²) in [7, 11) is 0. The maximum Gasteiger partial charge on any atom is 0.311 e. The van der Waals surface area contributed by atoms with Gasteiger partial charge in [-0.3, -0.25) is 19.7 Å². The van der Waals surface area contributed by atoms with E-state index in [2.05, 4.69) is 0 Å². The smallest absolute Gasteiger partial charge is 0.311 e. The van der Waals surface area contributed by atoms with E-state index in [4.69, 9.17) is 9.15 Å². The van der Waals surface area contributed by atoms with Gasteiger partial charge in [0.1, 0.15) is 12.4 Å². The zero-order valence-corrected chi connectivity index (χ0v) is 13.3. The number of hydrogen-bond acceptors (Lipinski definition) is 6. The molecule has 1 saturated heterocycles. The Morgan fingerprint density at radius 3 is 2.72 bits per heavy atom. The fraction of sp³-hybridized carbons (Fsp3) is 0.294. The average molecular weight is 344 g/mol. The van der Waals surface area contributed by atoms with Crippen molar-refractivity contribution in [1.82, 2.24) is 4.90 Å². The summed E-state index contributed by atoms with van der Waals surface area (Å²) in [6.45, 7) is 0.635. The Hall–Kier alpha value is -3.16. The number of nitro groups is 1. The van der Waals surface area contributed by atoms with Gasteiger partial charge in [0.25, 0.3) is 5.69 Å². The second kappa shape index (κ2) is 7.16. The maximum atomic E-state index is 12.2. The number of rotatable bonds is 6. The van der Waals surface area contributed by atoms with Crippen molar-refractivity contribution < 1.29 is 23.7 Å². The number of amides is 1. The molecule has 130 valence electrons. The zero-order chi connectivity index (χ0) is 17.8. The summed E-state index contributed by atoms with van der Waals surface area (Å²) in [5.41, 5.74) is 0.626. The SMILES string of the molecule is O=C(OCc1ccc([N+](=O)[O-])cc1)[C@@H]1CC(=O)N(Cc2ccco2)C1. The van der Waals surface area contributed by atoms with Gasteiger partial charge in [0, 0.05) is 25.1 Å². The van der Waals surface area contributed by atoms with E-state index in [0.29, 0.717) is 24.4 Å². The highest BCUT2D eigenvalue weighted by molar-refractivity contribution is 5.86. The van der Waals surface area contributed by atoms with Crippen molar-refractivity contribution in [3.05, 3.63) is 64.1 Å². The van der Waals surface area contributed by atoms with E-state index < -0.39 is 16.8 Å². The Bertz CT molecular complexity index is 769. The van der Waals surface area contributed by atoms with Crippen LogP contribution in [0.25, 0.3) is 0 Å². The van der Waals surface area contributed by atoms with Gasteiger partial charge >= 0.3 is 5.97 Å². The molecule has 2 heterocycles. The van der Waals surface area contributed by atoms with Gasteiger partial charge in [0.05, 0.1) is 23.6 Å². The van der Waals surface area contributed by atoms with Gasteiger partial charge < -0.3 is 14.1 Å². The summed E-state index contributed by atoms with van der Waals surface area (Å²) in [4.78, 5) is 35.8. The number of hydrogen-bond donors (Lipinski definition) is 0. The van der Waals surface area contributed by atoms with Crippen LogP contribution in [-0.2, 0) is 27.5 Å². The molecule has 8 nitrogen and oxygen atoms in total. The Morgan fingerprint density at radius 1 is 1.32 bits per heavy atom. The Morgan fingerprint density at radius 2 is 2.08 bits per heavy atom. The molecule has 25 heavy (non-hydrogen) atoms. The Balaban J connectivity index is 1.51. The maximum absolute atomic E-state index is 12.2. The molecular weight excluding hydrogens is 328 g/mol. The van der Waals surface area contributed by atoms with Crippen LogP contribution in [0.15, 0.2) is 47.1 Å². The minimum atomic E-state index is -0.513. The van der Waals surface area contributed by atoms with Crippen LogP contribution in [0.3, 0.4) is 0 Å². The summed E-state index contributed by atoms with van der Waals surface area (Å²) in [6, 6.07) is 9.29. The van der Waals surface area contributed by atoms with E-state index in [9.17, 15) is 19.7 Å². The van der Waals surface area contributed by atoms with Gasteiger partial charge in [-0.25, -0.2) is 0 Å². The second-order valence-corrected chi connectivity index (χ2v) is 5.79. The lowest BCUT2D eigenvalue weighted by Crippen LogP contribution is -2.26. The van der Waals surface area contributed by atoms with Crippen molar-refractivity contribution in [2.24, 2.45) is 5.92 Å². The minimum Gasteiger partial charge on any atom is -0.467 e. The van der Waals surface area contributed by atoms with Crippen LogP contribution in [0.1, 0.15) is 17.7 Å². The zero-order valence-electron chi connectivity index (χ0n) is 13.3. The molecule has 0 unspecified atom stereocenters. The van der Waals surface area contributed by atoms with Crippen LogP contribution in [0.5, 0.6) is 0 Å². The van der Waals surface area contributed by atoms with Gasteiger partial charge in [-0.1, -0.05) is 0 Å². The van der Waals surface area contributed by atoms with Crippen LogP contribution in [0, 0.1) is 16.0 Å². The van der Waals surface area contributed by atoms with Gasteiger partial charge in [-0.15, -0.1) is 0 Å². The lowest BCUT2D eigenvalue weighted by atomic mass is 10.1. The quantitative estimate of drug-likeness (QED) is 0.452. The molecule has 8 heteroatoms. The summed E-state index contributed by atoms with van der Waals surface area (Å²) >= 11 is 0. The number of carbonyl (C=O) groups is 2. The van der Waals surface area contributed by atoms with Gasteiger partial charge in [0.15, 0.2) is 0 Å². The molecule has 0 aliphatic carbocycles. The normalized spacial score (nSPS) is 16.9. The van der Waals surface area contributed by atoms with E-state index in [1.165, 1.54) is 30.5 Å². The molecule has 1 aromatic heterocycles. The number of furan rings is 1. The topological polar surface area (TPSA) is 103 Å². The predicted molar refractivity (Wildman–Crippen MR) is 85.1 cm³/mol. The summed E-state index contributed by atoms with van der Waals surface area (Å²) in [5.74, 6) is -0.420. The monoisotopic (exact) mass is 344 g/mol. The van der Waals surface area contributed by atoms with E-state index in [1.54, 1.807) is 17.0 Å². The number of ether oxygens (including phenoxy) is 1. The first-order valence-corrected chi connectivity index (χ1v) is 7.73. The highest BCUT2D eigenvalue weighted by Crippen LogP contribution is 2.22. The third kappa shape index (κ3) is 4.03. The summed E-state index contributed by atoms with van der Waals surface area (Å²) in [6.07, 6.45) is 1.64. The highest BCUT2D eigenvalue weighted by atomic mass is 16.6. The first-order chi connectivity index (χ1) is 12.0. The number of nitro benzene ring substituents is 1. The fourth-order valence-electron chi connectivity index (χ4n) is 2.66. The van der Waals surface area contributed by atoms with Crippen molar-refractivity contribution in [3.63, 3.8) is 0 Å². The first-order valence-electron chi connectivity index (χ1n) is 7.73. The molecule has 1 amide bonds. The molecule has 1 aromatic carbocycles. The number of benzene rings is 1. The third-order valence-electron chi connectivity index (χ3n) is 4.00. The standard InChI is InChI=1S/C17H16N2O6/c20-16-8-13(9-18(16)10-15-2-1-7-24-15)17(21)25-11-12-3-5-14(6-4-12)19(22)23/h1-7,13H,8-11H2/t13-/m1/s1. The van der Waals surface area contributed by atoms with Crippen LogP contribution < -0.4 is 0 Å². The van der Waals surface area contributed by atoms with Crippen LogP contribution in [0.2, 0.25) is 0 Å². The van der Waals surface area contributed by atoms with E-state index in [0.717, 1.165) is 0 Å². The van der Waals surface area contributed by atoms with Gasteiger partial charge in [-0.2, -0.15) is 0 Å². The minimum absolute atomic E-state index is 0.0136. The number of esters is 1. The van der Waals surface area contributed by atoms with Crippen LogP contribution >= 0.6 is 0 Å². The van der Waals surface area contributed by atoms with Crippen LogP contribution in [-0.4, -0.2) is 28.2 Å². The number of likely N-dealkylation sites (tertiary alicyclic amines) is 1. The van der Waals surface area contributed by atoms with Crippen molar-refractivity contribution in [2.75, 3.05) is 6.54 Å². The first kappa shape index (κ1) is 16.7.